The zero-order chi connectivity index (χ0) is 20.5. The fraction of sp³-hybridized carbons (Fsp3) is 0.737. The molecule has 3 aliphatic rings. The Morgan fingerprint density at radius 3 is 2.36 bits per heavy atom. The second kappa shape index (κ2) is 7.66. The fourth-order valence-corrected chi connectivity index (χ4v) is 4.22. The molecule has 7 nitrogen and oxygen atoms in total. The van der Waals surface area contributed by atoms with Crippen LogP contribution in [0.15, 0.2) is 0 Å². The second-order valence-electron chi connectivity index (χ2n) is 7.93. The van der Waals surface area contributed by atoms with Gasteiger partial charge in [-0.15, -0.1) is 6.42 Å². The van der Waals surface area contributed by atoms with E-state index < -0.39 is 35.4 Å². The fourth-order valence-electron chi connectivity index (χ4n) is 4.22. The van der Waals surface area contributed by atoms with E-state index in [1.54, 1.807) is 4.90 Å². The van der Waals surface area contributed by atoms with Crippen LogP contribution in [0.3, 0.4) is 0 Å². The maximum atomic E-state index is 13.5. The molecule has 0 bridgehead atoms. The summed E-state index contributed by atoms with van der Waals surface area (Å²) >= 11 is 0. The van der Waals surface area contributed by atoms with Crippen molar-refractivity contribution in [2.24, 2.45) is 5.73 Å². The minimum absolute atomic E-state index is 0.164. The van der Waals surface area contributed by atoms with Gasteiger partial charge < -0.3 is 16.0 Å². The number of likely N-dealkylation sites (tertiary alicyclic amines) is 2. The van der Waals surface area contributed by atoms with Crippen LogP contribution in [0.25, 0.3) is 0 Å². The molecule has 1 aliphatic carbocycles. The molecule has 3 fully saturated rings. The van der Waals surface area contributed by atoms with Crippen molar-refractivity contribution in [1.82, 2.24) is 15.1 Å². The third-order valence-corrected chi connectivity index (χ3v) is 5.96. The number of rotatable bonds is 6. The molecule has 0 aromatic heterocycles. The summed E-state index contributed by atoms with van der Waals surface area (Å²) in [5.41, 5.74) is 4.38. The minimum Gasteiger partial charge on any atom is -0.370 e. The molecule has 3 rings (SSSR count). The third kappa shape index (κ3) is 4.12. The Kier molecular flexibility index (Phi) is 5.62. The molecule has 2 atom stereocenters. The zero-order valence-corrected chi connectivity index (χ0v) is 15.8. The summed E-state index contributed by atoms with van der Waals surface area (Å²) in [7, 11) is 0. The smallest absolute Gasteiger partial charge is 0.250 e. The number of alkyl halides is 2. The van der Waals surface area contributed by atoms with Crippen molar-refractivity contribution in [3.63, 3.8) is 0 Å². The number of terminal acetylenes is 1. The number of amides is 3. The molecular formula is C19H26F2N4O3. The van der Waals surface area contributed by atoms with Crippen LogP contribution in [-0.2, 0) is 14.4 Å². The Hall–Kier alpha value is -2.21. The van der Waals surface area contributed by atoms with Gasteiger partial charge in [0.1, 0.15) is 11.6 Å². The molecule has 28 heavy (non-hydrogen) atoms. The van der Waals surface area contributed by atoms with Crippen LogP contribution in [0.1, 0.15) is 44.9 Å². The standard InChI is InChI=1S/C19H26F2N4O3/c1-2-13(12-15(22)26)23-16(27)14-4-3-9-25(14)17(28)18(5-6-18)24-10-7-19(20,21)8-11-24/h1,13-14H,3-12H2,(H2,22,26)(H,23,27)/t13-,14+/m1/s1. The van der Waals surface area contributed by atoms with Crippen LogP contribution >= 0.6 is 0 Å². The quantitative estimate of drug-likeness (QED) is 0.629. The van der Waals surface area contributed by atoms with Crippen molar-refractivity contribution in [3.05, 3.63) is 0 Å². The topological polar surface area (TPSA) is 95.7 Å². The highest BCUT2D eigenvalue weighted by Crippen LogP contribution is 2.47. The normalized spacial score (nSPS) is 26.9. The zero-order valence-electron chi connectivity index (χ0n) is 15.8. The number of carbonyl (C=O) groups excluding carboxylic acids is 3. The molecule has 154 valence electrons. The van der Waals surface area contributed by atoms with E-state index >= 15 is 0 Å². The molecule has 0 radical (unpaired) electrons. The van der Waals surface area contributed by atoms with Gasteiger partial charge in [0.05, 0.1) is 12.5 Å². The second-order valence-corrected chi connectivity index (χ2v) is 7.93. The van der Waals surface area contributed by atoms with Gasteiger partial charge in [-0.2, -0.15) is 0 Å². The number of nitrogens with one attached hydrogen (secondary N) is 1. The summed E-state index contributed by atoms with van der Waals surface area (Å²) in [4.78, 5) is 40.4. The maximum absolute atomic E-state index is 13.5. The first-order valence-electron chi connectivity index (χ1n) is 9.67. The molecule has 0 aromatic rings. The third-order valence-electron chi connectivity index (χ3n) is 5.96. The van der Waals surface area contributed by atoms with Gasteiger partial charge in [-0.1, -0.05) is 5.92 Å². The van der Waals surface area contributed by atoms with Crippen molar-refractivity contribution in [3.8, 4) is 12.3 Å². The molecule has 0 spiro atoms. The lowest BCUT2D eigenvalue weighted by Crippen LogP contribution is -2.57. The predicted octanol–water partition coefficient (Wildman–Crippen LogP) is 0.234. The van der Waals surface area contributed by atoms with Crippen molar-refractivity contribution < 1.29 is 23.2 Å². The molecular weight excluding hydrogens is 370 g/mol. The molecule has 0 aromatic carbocycles. The number of nitrogens with two attached hydrogens (primary N) is 1. The van der Waals surface area contributed by atoms with Crippen LogP contribution in [-0.4, -0.2) is 70.7 Å². The van der Waals surface area contributed by atoms with Crippen molar-refractivity contribution >= 4 is 17.7 Å². The highest BCUT2D eigenvalue weighted by molar-refractivity contribution is 5.94. The summed E-state index contributed by atoms with van der Waals surface area (Å²) in [6.45, 7) is 0.807. The first-order chi connectivity index (χ1) is 13.2. The molecule has 3 amide bonds. The Morgan fingerprint density at radius 2 is 1.82 bits per heavy atom. The maximum Gasteiger partial charge on any atom is 0.250 e. The number of hydrogen-bond donors (Lipinski definition) is 2. The van der Waals surface area contributed by atoms with Gasteiger partial charge in [0.2, 0.25) is 17.7 Å². The van der Waals surface area contributed by atoms with Crippen molar-refractivity contribution in [2.75, 3.05) is 19.6 Å². The van der Waals surface area contributed by atoms with Crippen molar-refractivity contribution in [1.29, 1.82) is 0 Å². The number of primary amides is 1. The number of nitrogens with zero attached hydrogens (tertiary/aromatic N) is 2. The SMILES string of the molecule is C#C[C@H](CC(N)=O)NC(=O)[C@@H]1CCCN1C(=O)C1(N2CCC(F)(F)CC2)CC1. The Labute approximate surface area is 163 Å². The van der Waals surface area contributed by atoms with Gasteiger partial charge in [0.25, 0.3) is 5.92 Å². The van der Waals surface area contributed by atoms with Crippen molar-refractivity contribution in [2.45, 2.75) is 68.5 Å². The molecule has 2 saturated heterocycles. The Bertz CT molecular complexity index is 692. The van der Waals surface area contributed by atoms with E-state index in [-0.39, 0.29) is 38.3 Å². The first-order valence-corrected chi connectivity index (χ1v) is 9.67. The lowest BCUT2D eigenvalue weighted by Gasteiger charge is -2.39. The highest BCUT2D eigenvalue weighted by Gasteiger charge is 2.59. The number of hydrogen-bond acceptors (Lipinski definition) is 4. The summed E-state index contributed by atoms with van der Waals surface area (Å²) in [5.74, 6) is -1.55. The van der Waals surface area contributed by atoms with Crippen LogP contribution in [0.2, 0.25) is 0 Å². The number of carbonyl (C=O) groups is 3. The number of piperidine rings is 1. The largest absolute Gasteiger partial charge is 0.370 e. The Balaban J connectivity index is 1.65. The first kappa shape index (κ1) is 20.5. The summed E-state index contributed by atoms with van der Waals surface area (Å²) in [6, 6.07) is -1.48. The monoisotopic (exact) mass is 396 g/mol. The average molecular weight is 396 g/mol. The van der Waals surface area contributed by atoms with E-state index in [1.165, 1.54) is 0 Å². The van der Waals surface area contributed by atoms with E-state index in [0.717, 1.165) is 0 Å². The molecule has 0 unspecified atom stereocenters. The molecule has 1 saturated carbocycles. The van der Waals surface area contributed by atoms with E-state index in [2.05, 4.69) is 11.2 Å². The van der Waals surface area contributed by atoms with Gasteiger partial charge in [0, 0.05) is 32.5 Å². The number of halogens is 2. The van der Waals surface area contributed by atoms with Gasteiger partial charge in [0.15, 0.2) is 0 Å². The van der Waals surface area contributed by atoms with E-state index in [9.17, 15) is 23.2 Å². The Morgan fingerprint density at radius 1 is 1.18 bits per heavy atom. The van der Waals surface area contributed by atoms with Crippen LogP contribution in [0, 0.1) is 12.3 Å². The molecule has 2 heterocycles. The highest BCUT2D eigenvalue weighted by atomic mass is 19.3. The summed E-state index contributed by atoms with van der Waals surface area (Å²) in [5, 5.41) is 2.60. The van der Waals surface area contributed by atoms with Gasteiger partial charge >= 0.3 is 0 Å². The van der Waals surface area contributed by atoms with E-state index in [4.69, 9.17) is 12.2 Å². The van der Waals surface area contributed by atoms with Gasteiger partial charge in [-0.05, 0) is 25.7 Å². The molecule has 3 N–H and O–H groups in total. The molecule has 9 heteroatoms. The average Bonchev–Trinajstić information content (AvgIpc) is 3.28. The summed E-state index contributed by atoms with van der Waals surface area (Å²) in [6.07, 6.45) is 7.09. The van der Waals surface area contributed by atoms with Crippen LogP contribution < -0.4 is 11.1 Å². The van der Waals surface area contributed by atoms with Crippen LogP contribution in [0.5, 0.6) is 0 Å². The lowest BCUT2D eigenvalue weighted by molar-refractivity contribution is -0.147. The lowest BCUT2D eigenvalue weighted by atomic mass is 10.0. The predicted molar refractivity (Wildman–Crippen MR) is 97.0 cm³/mol. The minimum atomic E-state index is -2.67. The summed E-state index contributed by atoms with van der Waals surface area (Å²) < 4.78 is 27.0. The van der Waals surface area contributed by atoms with Crippen LogP contribution in [0.4, 0.5) is 8.78 Å². The van der Waals surface area contributed by atoms with E-state index in [0.29, 0.717) is 32.2 Å². The van der Waals surface area contributed by atoms with Gasteiger partial charge in [-0.3, -0.25) is 19.3 Å². The van der Waals surface area contributed by atoms with Gasteiger partial charge in [-0.25, -0.2) is 8.78 Å². The molecule has 2 aliphatic heterocycles. The van der Waals surface area contributed by atoms with E-state index in [1.807, 2.05) is 4.90 Å².